The largest absolute Gasteiger partial charge is 0.392 e. The molecule has 0 atom stereocenters. The van der Waals surface area contributed by atoms with Crippen LogP contribution in [0.4, 0.5) is 5.13 Å². The Balaban J connectivity index is 2.79. The molecule has 0 aromatic carbocycles. The highest BCUT2D eigenvalue weighted by Crippen LogP contribution is 2.16. The second-order valence-electron chi connectivity index (χ2n) is 3.47. The molecule has 0 bridgehead atoms. The topological polar surface area (TPSA) is 80.6 Å². The average Bonchev–Trinajstić information content (AvgIpc) is 2.78. The molecular formula is C10H12ClN3O3S. The van der Waals surface area contributed by atoms with Gasteiger partial charge in [-0.15, -0.1) is 22.9 Å². The number of aromatic nitrogens is 1. The highest BCUT2D eigenvalue weighted by molar-refractivity contribution is 7.14. The van der Waals surface area contributed by atoms with E-state index in [1.165, 1.54) is 11.3 Å². The van der Waals surface area contributed by atoms with E-state index in [4.69, 9.17) is 16.4 Å². The minimum absolute atomic E-state index is 0.0753. The van der Waals surface area contributed by atoms with Crippen molar-refractivity contribution in [3.63, 3.8) is 0 Å². The number of alkyl halides is 1. The fraction of sp³-hybridized carbons (Fsp3) is 0.400. The average molecular weight is 290 g/mol. The summed E-state index contributed by atoms with van der Waals surface area (Å²) in [6.07, 6.45) is 0.416. The Kier molecular flexibility index (Phi) is 5.73. The van der Waals surface area contributed by atoms with Crippen LogP contribution in [0.3, 0.4) is 0 Å². The SMILES string of the molecule is CC(C)ON=C(C=O)c1csc(NC(=O)CCl)n1. The molecule has 98 valence electrons. The van der Waals surface area contributed by atoms with Crippen molar-refractivity contribution in [3.8, 4) is 0 Å². The van der Waals surface area contributed by atoms with Crippen LogP contribution in [0, 0.1) is 0 Å². The third-order valence-corrected chi connectivity index (χ3v) is 2.61. The Morgan fingerprint density at radius 3 is 3.00 bits per heavy atom. The first kappa shape index (κ1) is 14.6. The zero-order valence-corrected chi connectivity index (χ0v) is 11.4. The maximum absolute atomic E-state index is 11.0. The standard InChI is InChI=1S/C10H12ClN3O3S/c1-6(2)17-14-7(4-15)8-5-18-10(12-8)13-9(16)3-11/h4-6H,3H2,1-2H3,(H,12,13,16). The Hall–Kier alpha value is -1.47. The predicted molar refractivity (Wildman–Crippen MR) is 70.3 cm³/mol. The number of hydrogen-bond donors (Lipinski definition) is 1. The van der Waals surface area contributed by atoms with Gasteiger partial charge in [0, 0.05) is 5.38 Å². The molecule has 1 aromatic heterocycles. The molecule has 1 aromatic rings. The van der Waals surface area contributed by atoms with E-state index in [9.17, 15) is 9.59 Å². The highest BCUT2D eigenvalue weighted by Gasteiger charge is 2.11. The van der Waals surface area contributed by atoms with Gasteiger partial charge in [0.2, 0.25) is 5.91 Å². The Labute approximate surface area is 113 Å². The summed E-state index contributed by atoms with van der Waals surface area (Å²) in [6.45, 7) is 3.58. The summed E-state index contributed by atoms with van der Waals surface area (Å²) in [4.78, 5) is 30.9. The van der Waals surface area contributed by atoms with E-state index in [2.05, 4.69) is 15.5 Å². The van der Waals surface area contributed by atoms with Gasteiger partial charge in [0.15, 0.2) is 17.1 Å². The number of amides is 1. The highest BCUT2D eigenvalue weighted by atomic mass is 35.5. The van der Waals surface area contributed by atoms with E-state index >= 15 is 0 Å². The third kappa shape index (κ3) is 4.42. The number of hydrogen-bond acceptors (Lipinski definition) is 6. The van der Waals surface area contributed by atoms with Gasteiger partial charge >= 0.3 is 0 Å². The molecule has 0 spiro atoms. The summed E-state index contributed by atoms with van der Waals surface area (Å²) in [5, 5.41) is 8.11. The van der Waals surface area contributed by atoms with Gasteiger partial charge in [0.1, 0.15) is 17.7 Å². The summed E-state index contributed by atoms with van der Waals surface area (Å²) in [7, 11) is 0. The lowest BCUT2D eigenvalue weighted by molar-refractivity contribution is -0.114. The minimum Gasteiger partial charge on any atom is -0.392 e. The first-order chi connectivity index (χ1) is 8.56. The van der Waals surface area contributed by atoms with Crippen molar-refractivity contribution in [3.05, 3.63) is 11.1 Å². The van der Waals surface area contributed by atoms with E-state index in [1.807, 2.05) is 0 Å². The van der Waals surface area contributed by atoms with Crippen molar-refractivity contribution in [2.24, 2.45) is 5.16 Å². The van der Waals surface area contributed by atoms with E-state index in [1.54, 1.807) is 19.2 Å². The molecule has 6 nitrogen and oxygen atoms in total. The first-order valence-corrected chi connectivity index (χ1v) is 6.49. The molecule has 0 unspecified atom stereocenters. The number of anilines is 1. The normalized spacial score (nSPS) is 11.4. The Morgan fingerprint density at radius 2 is 2.44 bits per heavy atom. The molecule has 0 aliphatic rings. The van der Waals surface area contributed by atoms with Crippen molar-refractivity contribution in [2.75, 3.05) is 11.2 Å². The van der Waals surface area contributed by atoms with E-state index in [0.29, 0.717) is 17.1 Å². The second-order valence-corrected chi connectivity index (χ2v) is 4.59. The van der Waals surface area contributed by atoms with Gasteiger partial charge < -0.3 is 10.2 Å². The van der Waals surface area contributed by atoms with Crippen molar-refractivity contribution in [1.82, 2.24) is 4.98 Å². The number of carbonyl (C=O) groups is 2. The third-order valence-electron chi connectivity index (χ3n) is 1.61. The number of aldehydes is 1. The van der Waals surface area contributed by atoms with Crippen molar-refractivity contribution in [1.29, 1.82) is 0 Å². The summed E-state index contributed by atoms with van der Waals surface area (Å²) in [6, 6.07) is 0. The van der Waals surface area contributed by atoms with Crippen molar-refractivity contribution in [2.45, 2.75) is 20.0 Å². The number of nitrogens with zero attached hydrogens (tertiary/aromatic N) is 2. The van der Waals surface area contributed by atoms with E-state index < -0.39 is 0 Å². The van der Waals surface area contributed by atoms with Gasteiger partial charge in [-0.05, 0) is 13.8 Å². The van der Waals surface area contributed by atoms with Gasteiger partial charge in [0.25, 0.3) is 0 Å². The van der Waals surface area contributed by atoms with Gasteiger partial charge in [-0.2, -0.15) is 0 Å². The van der Waals surface area contributed by atoms with Gasteiger partial charge in [-0.1, -0.05) is 5.16 Å². The Bertz CT molecular complexity index is 459. The quantitative estimate of drug-likeness (QED) is 0.374. The maximum Gasteiger partial charge on any atom is 0.241 e. The molecule has 1 rings (SSSR count). The lowest BCUT2D eigenvalue weighted by Gasteiger charge is -2.01. The van der Waals surface area contributed by atoms with Gasteiger partial charge in [-0.25, -0.2) is 4.98 Å². The van der Waals surface area contributed by atoms with Crippen LogP contribution in [0.2, 0.25) is 0 Å². The van der Waals surface area contributed by atoms with Crippen molar-refractivity contribution < 1.29 is 14.4 Å². The molecule has 0 radical (unpaired) electrons. The molecule has 0 fully saturated rings. The minimum atomic E-state index is -0.361. The smallest absolute Gasteiger partial charge is 0.241 e. The number of rotatable bonds is 6. The Morgan fingerprint density at radius 1 is 1.72 bits per heavy atom. The van der Waals surface area contributed by atoms with Crippen molar-refractivity contribution >= 4 is 46.0 Å². The van der Waals surface area contributed by atoms with Crippen LogP contribution >= 0.6 is 22.9 Å². The molecule has 1 amide bonds. The lowest BCUT2D eigenvalue weighted by atomic mass is 10.3. The molecule has 0 saturated carbocycles. The van der Waals surface area contributed by atoms with Crippen LogP contribution in [0.25, 0.3) is 0 Å². The monoisotopic (exact) mass is 289 g/mol. The van der Waals surface area contributed by atoms with Gasteiger partial charge in [0.05, 0.1) is 0 Å². The number of halogens is 1. The summed E-state index contributed by atoms with van der Waals surface area (Å²) >= 11 is 6.52. The molecule has 1 N–H and O–H groups in total. The summed E-state index contributed by atoms with van der Waals surface area (Å²) in [5.41, 5.74) is 0.423. The predicted octanol–water partition coefficient (Wildman–Crippen LogP) is 1.65. The summed E-state index contributed by atoms with van der Waals surface area (Å²) < 4.78 is 0. The van der Waals surface area contributed by atoms with Crippen LogP contribution in [0.5, 0.6) is 0 Å². The van der Waals surface area contributed by atoms with Crippen LogP contribution < -0.4 is 5.32 Å². The molecule has 18 heavy (non-hydrogen) atoms. The number of thiazole rings is 1. The fourth-order valence-corrected chi connectivity index (χ4v) is 1.68. The number of carbonyl (C=O) groups excluding carboxylic acids is 2. The van der Waals surface area contributed by atoms with Crippen LogP contribution in [0.1, 0.15) is 19.5 Å². The molecule has 1 heterocycles. The number of oxime groups is 1. The summed E-state index contributed by atoms with van der Waals surface area (Å²) in [5.74, 6) is -0.513. The van der Waals surface area contributed by atoms with E-state index in [-0.39, 0.29) is 23.6 Å². The zero-order valence-electron chi connectivity index (χ0n) is 9.84. The second kappa shape index (κ2) is 7.07. The number of nitrogens with one attached hydrogen (secondary N) is 1. The maximum atomic E-state index is 11.0. The fourth-order valence-electron chi connectivity index (χ4n) is 0.892. The molecular weight excluding hydrogens is 278 g/mol. The molecule has 0 saturated heterocycles. The van der Waals surface area contributed by atoms with Crippen LogP contribution in [0.15, 0.2) is 10.5 Å². The molecule has 8 heteroatoms. The molecule has 0 aliphatic carbocycles. The first-order valence-electron chi connectivity index (χ1n) is 5.07. The zero-order chi connectivity index (χ0) is 13.5. The van der Waals surface area contributed by atoms with Gasteiger partial charge in [-0.3, -0.25) is 9.59 Å². The van der Waals surface area contributed by atoms with Crippen LogP contribution in [-0.2, 0) is 14.4 Å². The van der Waals surface area contributed by atoms with E-state index in [0.717, 1.165) is 0 Å². The van der Waals surface area contributed by atoms with Crippen LogP contribution in [-0.4, -0.2) is 34.9 Å². The lowest BCUT2D eigenvalue weighted by Crippen LogP contribution is -2.13. The molecule has 0 aliphatic heterocycles.